The van der Waals surface area contributed by atoms with Crippen LogP contribution < -0.4 is 15.0 Å². The minimum absolute atomic E-state index is 0.126. The van der Waals surface area contributed by atoms with E-state index in [0.29, 0.717) is 41.5 Å². The molecule has 2 aliphatic rings. The molecule has 5 rings (SSSR count). The number of hydrogen-bond donors (Lipinski definition) is 1. The molecule has 2 aromatic heterocycles. The van der Waals surface area contributed by atoms with Crippen LogP contribution in [0, 0.1) is 12.7 Å². The first kappa shape index (κ1) is 22.6. The van der Waals surface area contributed by atoms with Crippen molar-refractivity contribution in [1.29, 1.82) is 0 Å². The topological polar surface area (TPSA) is 72.4 Å². The molecule has 180 valence electrons. The van der Waals surface area contributed by atoms with E-state index < -0.39 is 23.8 Å². The first-order chi connectivity index (χ1) is 16.4. The molecule has 1 aromatic carbocycles. The molecular weight excluding hydrogens is 447 g/mol. The highest BCUT2D eigenvalue weighted by Crippen LogP contribution is 2.41. The summed E-state index contributed by atoms with van der Waals surface area (Å²) in [4.78, 5) is 7.05. The van der Waals surface area contributed by atoms with Crippen molar-refractivity contribution in [3.63, 3.8) is 0 Å². The van der Waals surface area contributed by atoms with Gasteiger partial charge in [0.05, 0.1) is 49.7 Å². The van der Waals surface area contributed by atoms with Gasteiger partial charge in [-0.05, 0) is 32.8 Å². The van der Waals surface area contributed by atoms with E-state index in [-0.39, 0.29) is 17.6 Å². The summed E-state index contributed by atoms with van der Waals surface area (Å²) in [6.45, 7) is 4.79. The molecule has 2 fully saturated rings. The van der Waals surface area contributed by atoms with E-state index >= 15 is 0 Å². The summed E-state index contributed by atoms with van der Waals surface area (Å²) in [5, 5.41) is 12.4. The number of alkyl halides is 2. The Morgan fingerprint density at radius 1 is 1.15 bits per heavy atom. The number of methoxy groups -OCH3 is 1. The lowest BCUT2D eigenvalue weighted by Gasteiger charge is -2.37. The average Bonchev–Trinajstić information content (AvgIpc) is 3.07. The minimum atomic E-state index is -2.89. The summed E-state index contributed by atoms with van der Waals surface area (Å²) in [7, 11) is 1.59. The number of benzene rings is 1. The lowest BCUT2D eigenvalue weighted by Crippen LogP contribution is -2.46. The fourth-order valence-corrected chi connectivity index (χ4v) is 4.99. The van der Waals surface area contributed by atoms with Crippen LogP contribution in [0.3, 0.4) is 0 Å². The van der Waals surface area contributed by atoms with Crippen molar-refractivity contribution in [3.05, 3.63) is 46.9 Å². The average molecular weight is 473 g/mol. The van der Waals surface area contributed by atoms with Crippen LogP contribution in [0.15, 0.2) is 24.3 Å². The number of nitrogens with one attached hydrogen (secondary N) is 1. The van der Waals surface area contributed by atoms with Gasteiger partial charge in [-0.1, -0.05) is 18.2 Å². The van der Waals surface area contributed by atoms with E-state index in [1.807, 2.05) is 6.07 Å². The Morgan fingerprint density at radius 2 is 1.85 bits per heavy atom. The first-order valence-corrected chi connectivity index (χ1v) is 11.3. The number of rotatable bonds is 6. The fourth-order valence-electron chi connectivity index (χ4n) is 4.99. The van der Waals surface area contributed by atoms with Gasteiger partial charge in [0.25, 0.3) is 6.43 Å². The van der Waals surface area contributed by atoms with E-state index in [1.165, 1.54) is 12.1 Å². The predicted octanol–water partition coefficient (Wildman–Crippen LogP) is 4.96. The zero-order chi connectivity index (χ0) is 24.0. The molecule has 0 radical (unpaired) electrons. The standard InChI is InChI=1S/C24H26F3N5O2/c1-12(16-5-4-6-17(20(16)25)22(26)27)28-23-18-9-19(32-14-7-8-15(32)11-34-10-14)24(33-3)29-21(18)13(2)30-31-23/h4-6,9,12,14-15,22H,7-8,10-11H2,1-3H3,(H,28,31)/t12-,14?,15?/m1/s1. The van der Waals surface area contributed by atoms with Crippen LogP contribution in [0.25, 0.3) is 10.9 Å². The number of morpholine rings is 1. The number of halogens is 3. The smallest absolute Gasteiger partial charge is 0.266 e. The Hall–Kier alpha value is -3.14. The van der Waals surface area contributed by atoms with E-state index in [2.05, 4.69) is 20.4 Å². The highest BCUT2D eigenvalue weighted by Gasteiger charge is 2.39. The Kier molecular flexibility index (Phi) is 5.93. The largest absolute Gasteiger partial charge is 0.480 e. The van der Waals surface area contributed by atoms with Gasteiger partial charge in [0.15, 0.2) is 5.82 Å². The van der Waals surface area contributed by atoms with Crippen LogP contribution in [0.2, 0.25) is 0 Å². The molecule has 34 heavy (non-hydrogen) atoms. The zero-order valence-corrected chi connectivity index (χ0v) is 19.2. The second-order valence-corrected chi connectivity index (χ2v) is 8.79. The fraction of sp³-hybridized carbons (Fsp3) is 0.458. The Morgan fingerprint density at radius 3 is 2.53 bits per heavy atom. The van der Waals surface area contributed by atoms with Gasteiger partial charge in [-0.15, -0.1) is 5.10 Å². The molecule has 0 spiro atoms. The number of pyridine rings is 1. The van der Waals surface area contributed by atoms with Crippen molar-refractivity contribution >= 4 is 22.4 Å². The number of hydrogen-bond acceptors (Lipinski definition) is 7. The van der Waals surface area contributed by atoms with Crippen LogP contribution in [-0.4, -0.2) is 47.6 Å². The van der Waals surface area contributed by atoms with Gasteiger partial charge in [-0.25, -0.2) is 18.2 Å². The minimum Gasteiger partial charge on any atom is -0.480 e. The van der Waals surface area contributed by atoms with Crippen LogP contribution >= 0.6 is 0 Å². The Balaban J connectivity index is 1.57. The molecule has 0 amide bonds. The molecule has 0 aliphatic carbocycles. The third kappa shape index (κ3) is 3.79. The summed E-state index contributed by atoms with van der Waals surface area (Å²) in [6, 6.07) is 5.82. The lowest BCUT2D eigenvalue weighted by atomic mass is 10.0. The normalized spacial score (nSPS) is 20.7. The van der Waals surface area contributed by atoms with Crippen molar-refractivity contribution in [1.82, 2.24) is 15.2 Å². The Bertz CT molecular complexity index is 1210. The Labute approximate surface area is 195 Å². The van der Waals surface area contributed by atoms with Crippen molar-refractivity contribution in [2.24, 2.45) is 0 Å². The molecule has 2 unspecified atom stereocenters. The maximum atomic E-state index is 14.7. The maximum absolute atomic E-state index is 14.7. The predicted molar refractivity (Wildman–Crippen MR) is 122 cm³/mol. The van der Waals surface area contributed by atoms with E-state index in [0.717, 1.165) is 24.6 Å². The molecule has 0 saturated carbocycles. The molecule has 3 atom stereocenters. The second kappa shape index (κ2) is 8.90. The van der Waals surface area contributed by atoms with Gasteiger partial charge in [-0.2, -0.15) is 5.10 Å². The van der Waals surface area contributed by atoms with Gasteiger partial charge in [0.2, 0.25) is 5.88 Å². The second-order valence-electron chi connectivity index (χ2n) is 8.79. The number of aromatic nitrogens is 3. The zero-order valence-electron chi connectivity index (χ0n) is 19.2. The number of ether oxygens (including phenoxy) is 2. The van der Waals surface area contributed by atoms with Crippen LogP contribution in [-0.2, 0) is 4.74 Å². The number of nitrogens with zero attached hydrogens (tertiary/aromatic N) is 4. The number of fused-ring (bicyclic) bond motifs is 3. The SMILES string of the molecule is COc1nc2c(C)nnc(N[C@H](C)c3cccc(C(F)F)c3F)c2cc1N1C2CCC1COC2. The van der Waals surface area contributed by atoms with Crippen molar-refractivity contribution in [2.75, 3.05) is 30.5 Å². The summed E-state index contributed by atoms with van der Waals surface area (Å²) in [5.41, 5.74) is 1.57. The van der Waals surface area contributed by atoms with Crippen molar-refractivity contribution in [3.8, 4) is 5.88 Å². The van der Waals surface area contributed by atoms with Gasteiger partial charge >= 0.3 is 0 Å². The van der Waals surface area contributed by atoms with E-state index in [1.54, 1.807) is 21.0 Å². The molecule has 7 nitrogen and oxygen atoms in total. The van der Waals surface area contributed by atoms with Gasteiger partial charge in [0, 0.05) is 10.9 Å². The molecule has 2 saturated heterocycles. The molecule has 2 bridgehead atoms. The summed E-state index contributed by atoms with van der Waals surface area (Å²) in [6.07, 6.45) is -0.835. The highest BCUT2D eigenvalue weighted by molar-refractivity contribution is 5.94. The molecule has 2 aliphatic heterocycles. The van der Waals surface area contributed by atoms with Crippen LogP contribution in [0.4, 0.5) is 24.7 Å². The summed E-state index contributed by atoms with van der Waals surface area (Å²) >= 11 is 0. The van der Waals surface area contributed by atoms with E-state index in [4.69, 9.17) is 14.5 Å². The van der Waals surface area contributed by atoms with Gasteiger partial charge in [-0.3, -0.25) is 0 Å². The maximum Gasteiger partial charge on any atom is 0.266 e. The third-order valence-corrected chi connectivity index (χ3v) is 6.69. The molecule has 3 aromatic rings. The van der Waals surface area contributed by atoms with Crippen LogP contribution in [0.1, 0.15) is 49.1 Å². The number of anilines is 2. The highest BCUT2D eigenvalue weighted by atomic mass is 19.3. The summed E-state index contributed by atoms with van der Waals surface area (Å²) < 4.78 is 52.5. The van der Waals surface area contributed by atoms with Crippen LogP contribution in [0.5, 0.6) is 5.88 Å². The third-order valence-electron chi connectivity index (χ3n) is 6.69. The molecule has 4 heterocycles. The van der Waals surface area contributed by atoms with Gasteiger partial charge in [0.1, 0.15) is 17.0 Å². The molecular formula is C24H26F3N5O2. The van der Waals surface area contributed by atoms with Gasteiger partial charge < -0.3 is 19.7 Å². The summed E-state index contributed by atoms with van der Waals surface area (Å²) in [5.74, 6) is -0.0312. The van der Waals surface area contributed by atoms with E-state index in [9.17, 15) is 13.2 Å². The first-order valence-electron chi connectivity index (χ1n) is 11.3. The molecule has 10 heteroatoms. The monoisotopic (exact) mass is 473 g/mol. The van der Waals surface area contributed by atoms with Crippen molar-refractivity contribution in [2.45, 2.75) is 51.2 Å². The van der Waals surface area contributed by atoms with Crippen molar-refractivity contribution < 1.29 is 22.6 Å². The molecule has 1 N–H and O–H groups in total. The quantitative estimate of drug-likeness (QED) is 0.543. The number of aryl methyl sites for hydroxylation is 1. The lowest BCUT2D eigenvalue weighted by molar-refractivity contribution is 0.0903.